The summed E-state index contributed by atoms with van der Waals surface area (Å²) in [5, 5.41) is 0. The van der Waals surface area contributed by atoms with E-state index in [9.17, 15) is 4.79 Å². The third-order valence-electron chi connectivity index (χ3n) is 3.93. The molecule has 0 radical (unpaired) electrons. The predicted octanol–water partition coefficient (Wildman–Crippen LogP) is 3.10. The largest absolute Gasteiger partial charge is 0.464 e. The van der Waals surface area contributed by atoms with Crippen LogP contribution in [-0.2, 0) is 16.1 Å². The van der Waals surface area contributed by atoms with Gasteiger partial charge in [0, 0.05) is 13.0 Å². The van der Waals surface area contributed by atoms with Gasteiger partial charge in [0.15, 0.2) is 0 Å². The van der Waals surface area contributed by atoms with Gasteiger partial charge in [-0.25, -0.2) is 0 Å². The van der Waals surface area contributed by atoms with E-state index in [1.165, 1.54) is 16.7 Å². The molecular weight excluding hydrogens is 262 g/mol. The Balaban J connectivity index is 1.68. The Morgan fingerprint density at radius 3 is 2.33 bits per heavy atom. The number of benzene rings is 2. The highest BCUT2D eigenvalue weighted by Gasteiger charge is 2.29. The Labute approximate surface area is 125 Å². The van der Waals surface area contributed by atoms with Gasteiger partial charge in [0.05, 0.1) is 6.61 Å². The first-order valence-corrected chi connectivity index (χ1v) is 7.25. The van der Waals surface area contributed by atoms with E-state index in [0.717, 1.165) is 13.0 Å². The van der Waals surface area contributed by atoms with E-state index in [1.54, 1.807) is 0 Å². The summed E-state index contributed by atoms with van der Waals surface area (Å²) in [6, 6.07) is 18.7. The summed E-state index contributed by atoms with van der Waals surface area (Å²) in [4.78, 5) is 13.6. The quantitative estimate of drug-likeness (QED) is 0.807. The van der Waals surface area contributed by atoms with Crippen LogP contribution >= 0.6 is 0 Å². The molecule has 3 nitrogen and oxygen atoms in total. The number of carbonyl (C=O) groups is 1. The fourth-order valence-corrected chi connectivity index (χ4v) is 2.72. The predicted molar refractivity (Wildman–Crippen MR) is 82.7 cm³/mol. The highest BCUT2D eigenvalue weighted by atomic mass is 16.5. The molecule has 1 heterocycles. The first kappa shape index (κ1) is 13.8. The molecule has 0 bridgehead atoms. The van der Waals surface area contributed by atoms with Crippen LogP contribution in [0.5, 0.6) is 0 Å². The summed E-state index contributed by atoms with van der Waals surface area (Å²) < 4.78 is 5.02. The number of hydrogen-bond acceptors (Lipinski definition) is 3. The van der Waals surface area contributed by atoms with Crippen molar-refractivity contribution in [1.29, 1.82) is 0 Å². The first-order valence-electron chi connectivity index (χ1n) is 7.25. The molecule has 0 saturated carbocycles. The molecule has 1 aliphatic heterocycles. The van der Waals surface area contributed by atoms with E-state index in [2.05, 4.69) is 41.3 Å². The zero-order valence-electron chi connectivity index (χ0n) is 12.2. The van der Waals surface area contributed by atoms with Gasteiger partial charge < -0.3 is 4.74 Å². The SMILES string of the molecule is CN(Cc1ccc(-c2ccccc2)cc1)[C@H]1CCOC1=O. The van der Waals surface area contributed by atoms with E-state index in [4.69, 9.17) is 4.74 Å². The second-order valence-electron chi connectivity index (χ2n) is 5.45. The van der Waals surface area contributed by atoms with Gasteiger partial charge in [-0.1, -0.05) is 54.6 Å². The highest BCUT2D eigenvalue weighted by molar-refractivity contribution is 5.77. The van der Waals surface area contributed by atoms with Crippen molar-refractivity contribution in [3.05, 3.63) is 60.2 Å². The molecule has 1 aliphatic rings. The van der Waals surface area contributed by atoms with E-state index in [-0.39, 0.29) is 12.0 Å². The van der Waals surface area contributed by atoms with Gasteiger partial charge in [-0.2, -0.15) is 0 Å². The van der Waals surface area contributed by atoms with Crippen LogP contribution in [0.3, 0.4) is 0 Å². The minimum atomic E-state index is -0.0987. The topological polar surface area (TPSA) is 29.5 Å². The third kappa shape index (κ3) is 3.14. The van der Waals surface area contributed by atoms with Gasteiger partial charge >= 0.3 is 5.97 Å². The number of esters is 1. The minimum absolute atomic E-state index is 0.0983. The average molecular weight is 281 g/mol. The van der Waals surface area contributed by atoms with E-state index in [1.807, 2.05) is 25.2 Å². The molecule has 0 aromatic heterocycles. The molecule has 1 saturated heterocycles. The van der Waals surface area contributed by atoms with Gasteiger partial charge in [-0.3, -0.25) is 9.69 Å². The number of likely N-dealkylation sites (N-methyl/N-ethyl adjacent to an activating group) is 1. The fourth-order valence-electron chi connectivity index (χ4n) is 2.72. The van der Waals surface area contributed by atoms with Crippen molar-refractivity contribution in [1.82, 2.24) is 4.90 Å². The molecule has 2 aromatic carbocycles. The zero-order valence-corrected chi connectivity index (χ0v) is 12.2. The zero-order chi connectivity index (χ0) is 14.7. The van der Waals surface area contributed by atoms with Crippen molar-refractivity contribution in [3.8, 4) is 11.1 Å². The number of hydrogen-bond donors (Lipinski definition) is 0. The lowest BCUT2D eigenvalue weighted by atomic mass is 10.0. The molecule has 2 aromatic rings. The molecule has 0 unspecified atom stereocenters. The molecule has 3 heteroatoms. The Bertz CT molecular complexity index is 607. The minimum Gasteiger partial charge on any atom is -0.464 e. The van der Waals surface area contributed by atoms with Crippen molar-refractivity contribution in [3.63, 3.8) is 0 Å². The van der Waals surface area contributed by atoms with Crippen LogP contribution in [-0.4, -0.2) is 30.6 Å². The molecule has 1 atom stereocenters. The molecule has 0 amide bonds. The Hall–Kier alpha value is -2.13. The number of cyclic esters (lactones) is 1. The average Bonchev–Trinajstić information content (AvgIpc) is 2.95. The smallest absolute Gasteiger partial charge is 0.323 e. The van der Waals surface area contributed by atoms with Crippen LogP contribution in [0, 0.1) is 0 Å². The Morgan fingerprint density at radius 2 is 1.71 bits per heavy atom. The summed E-state index contributed by atoms with van der Waals surface area (Å²) >= 11 is 0. The molecule has 1 fully saturated rings. The second-order valence-corrected chi connectivity index (χ2v) is 5.45. The number of rotatable bonds is 4. The fraction of sp³-hybridized carbons (Fsp3) is 0.278. The Kier molecular flexibility index (Phi) is 4.02. The summed E-state index contributed by atoms with van der Waals surface area (Å²) in [6.45, 7) is 1.30. The van der Waals surface area contributed by atoms with Crippen molar-refractivity contribution in [2.45, 2.75) is 19.0 Å². The molecule has 0 spiro atoms. The maximum absolute atomic E-state index is 11.6. The summed E-state index contributed by atoms with van der Waals surface area (Å²) in [5.74, 6) is -0.0987. The lowest BCUT2D eigenvalue weighted by Gasteiger charge is -2.21. The van der Waals surface area contributed by atoms with Crippen LogP contribution in [0.15, 0.2) is 54.6 Å². The third-order valence-corrected chi connectivity index (χ3v) is 3.93. The number of nitrogens with zero attached hydrogens (tertiary/aromatic N) is 1. The molecule has 0 aliphatic carbocycles. The molecule has 3 rings (SSSR count). The lowest BCUT2D eigenvalue weighted by Crippen LogP contribution is -2.34. The van der Waals surface area contributed by atoms with Crippen molar-refractivity contribution in [2.24, 2.45) is 0 Å². The normalized spacial score (nSPS) is 18.0. The van der Waals surface area contributed by atoms with Crippen molar-refractivity contribution < 1.29 is 9.53 Å². The monoisotopic (exact) mass is 281 g/mol. The van der Waals surface area contributed by atoms with Gasteiger partial charge in [0.2, 0.25) is 0 Å². The maximum Gasteiger partial charge on any atom is 0.323 e. The van der Waals surface area contributed by atoms with Crippen molar-refractivity contribution in [2.75, 3.05) is 13.7 Å². The van der Waals surface area contributed by atoms with Gasteiger partial charge in [-0.15, -0.1) is 0 Å². The van der Waals surface area contributed by atoms with Crippen molar-refractivity contribution >= 4 is 5.97 Å². The summed E-state index contributed by atoms with van der Waals surface area (Å²) in [6.07, 6.45) is 0.789. The number of carbonyl (C=O) groups excluding carboxylic acids is 1. The molecule has 21 heavy (non-hydrogen) atoms. The van der Waals surface area contributed by atoms with E-state index < -0.39 is 0 Å². The summed E-state index contributed by atoms with van der Waals surface area (Å²) in [5.41, 5.74) is 3.64. The molecule has 108 valence electrons. The van der Waals surface area contributed by atoms with Gasteiger partial charge in [0.25, 0.3) is 0 Å². The lowest BCUT2D eigenvalue weighted by molar-refractivity contribution is -0.142. The summed E-state index contributed by atoms with van der Waals surface area (Å²) in [7, 11) is 1.97. The highest BCUT2D eigenvalue weighted by Crippen LogP contribution is 2.21. The van der Waals surface area contributed by atoms with E-state index >= 15 is 0 Å². The standard InChI is InChI=1S/C18H19NO2/c1-19(17-11-12-21-18(17)20)13-14-7-9-16(10-8-14)15-5-3-2-4-6-15/h2-10,17H,11-13H2,1H3/t17-/m0/s1. The molecular formula is C18H19NO2. The first-order chi connectivity index (χ1) is 10.2. The Morgan fingerprint density at radius 1 is 1.05 bits per heavy atom. The van der Waals surface area contributed by atoms with Gasteiger partial charge in [0.1, 0.15) is 6.04 Å². The van der Waals surface area contributed by atoms with Crippen LogP contribution in [0.2, 0.25) is 0 Å². The van der Waals surface area contributed by atoms with Crippen LogP contribution < -0.4 is 0 Å². The maximum atomic E-state index is 11.6. The molecule has 0 N–H and O–H groups in total. The van der Waals surface area contributed by atoms with Crippen LogP contribution in [0.25, 0.3) is 11.1 Å². The van der Waals surface area contributed by atoms with Gasteiger partial charge in [-0.05, 0) is 23.7 Å². The number of ether oxygens (including phenoxy) is 1. The second kappa shape index (κ2) is 6.10. The van der Waals surface area contributed by atoms with Crippen LogP contribution in [0.1, 0.15) is 12.0 Å². The van der Waals surface area contributed by atoms with Crippen LogP contribution in [0.4, 0.5) is 0 Å². The van der Waals surface area contributed by atoms with E-state index in [0.29, 0.717) is 6.61 Å².